The highest BCUT2D eigenvalue weighted by Gasteiger charge is 2.35. The first-order valence-corrected chi connectivity index (χ1v) is 7.65. The average Bonchev–Trinajstić information content (AvgIpc) is 2.54. The molecule has 2 aliphatic heterocycles. The number of benzene rings is 1. The van der Waals surface area contributed by atoms with Crippen LogP contribution in [0, 0.1) is 5.82 Å². The molecule has 1 aromatic rings. The highest BCUT2D eigenvalue weighted by Crippen LogP contribution is 2.34. The molecule has 3 rings (SSSR count). The van der Waals surface area contributed by atoms with E-state index in [0.717, 1.165) is 38.3 Å². The molecule has 1 atom stereocenters. The molecule has 0 saturated carbocycles. The molecule has 6 heteroatoms. The van der Waals surface area contributed by atoms with Crippen LogP contribution in [0.4, 0.5) is 10.1 Å². The Morgan fingerprint density at radius 2 is 2.11 bits per heavy atom. The van der Waals surface area contributed by atoms with Gasteiger partial charge in [0.2, 0.25) is 10.0 Å². The molecular formula is C12H15FN2O2S. The van der Waals surface area contributed by atoms with Gasteiger partial charge < -0.3 is 4.90 Å². The Kier molecular flexibility index (Phi) is 2.79. The van der Waals surface area contributed by atoms with Gasteiger partial charge in [0.15, 0.2) is 0 Å². The summed E-state index contributed by atoms with van der Waals surface area (Å²) in [5.74, 6) is -0.521. The van der Waals surface area contributed by atoms with E-state index in [1.807, 2.05) is 4.90 Å². The van der Waals surface area contributed by atoms with Gasteiger partial charge in [0.05, 0.1) is 11.9 Å². The first kappa shape index (κ1) is 11.9. The van der Waals surface area contributed by atoms with Crippen molar-refractivity contribution in [1.29, 1.82) is 0 Å². The molecule has 2 aliphatic rings. The number of hydrogen-bond donors (Lipinski definition) is 1. The van der Waals surface area contributed by atoms with Crippen molar-refractivity contribution in [3.8, 4) is 0 Å². The second-order valence-electron chi connectivity index (χ2n) is 4.79. The van der Waals surface area contributed by atoms with Crippen LogP contribution >= 0.6 is 0 Å². The zero-order chi connectivity index (χ0) is 12.8. The van der Waals surface area contributed by atoms with Gasteiger partial charge in [0.1, 0.15) is 10.7 Å². The van der Waals surface area contributed by atoms with E-state index in [1.165, 1.54) is 6.07 Å². The van der Waals surface area contributed by atoms with E-state index in [4.69, 9.17) is 0 Å². The lowest BCUT2D eigenvalue weighted by Gasteiger charge is -2.37. The average molecular weight is 270 g/mol. The van der Waals surface area contributed by atoms with Gasteiger partial charge in [-0.05, 0) is 37.5 Å². The van der Waals surface area contributed by atoms with E-state index in [0.29, 0.717) is 5.69 Å². The number of anilines is 1. The van der Waals surface area contributed by atoms with Crippen molar-refractivity contribution in [3.05, 3.63) is 24.0 Å². The van der Waals surface area contributed by atoms with Crippen LogP contribution < -0.4 is 9.62 Å². The lowest BCUT2D eigenvalue weighted by atomic mass is 10.2. The summed E-state index contributed by atoms with van der Waals surface area (Å²) in [6.45, 7) is 0.811. The maximum atomic E-state index is 13.2. The summed E-state index contributed by atoms with van der Waals surface area (Å²) in [6, 6.07) is 3.99. The van der Waals surface area contributed by atoms with Crippen molar-refractivity contribution < 1.29 is 12.8 Å². The quantitative estimate of drug-likeness (QED) is 0.782. The number of halogens is 1. The molecule has 1 aromatic carbocycles. The third kappa shape index (κ3) is 1.89. The molecule has 0 amide bonds. The number of nitrogens with one attached hydrogen (secondary N) is 1. The predicted molar refractivity (Wildman–Crippen MR) is 66.3 cm³/mol. The van der Waals surface area contributed by atoms with E-state index in [2.05, 4.69) is 4.72 Å². The molecule has 0 aromatic heterocycles. The largest absolute Gasteiger partial charge is 0.354 e. The van der Waals surface area contributed by atoms with Gasteiger partial charge in [-0.3, -0.25) is 0 Å². The Hall–Kier alpha value is -1.14. The molecule has 1 saturated heterocycles. The highest BCUT2D eigenvalue weighted by atomic mass is 32.2. The maximum Gasteiger partial charge on any atom is 0.244 e. The summed E-state index contributed by atoms with van der Waals surface area (Å²) in [7, 11) is -3.58. The Morgan fingerprint density at radius 3 is 2.94 bits per heavy atom. The van der Waals surface area contributed by atoms with Crippen LogP contribution in [-0.4, -0.2) is 21.1 Å². The van der Waals surface area contributed by atoms with E-state index >= 15 is 0 Å². The topological polar surface area (TPSA) is 49.4 Å². The van der Waals surface area contributed by atoms with E-state index in [9.17, 15) is 12.8 Å². The molecule has 1 N–H and O–H groups in total. The fourth-order valence-corrected chi connectivity index (χ4v) is 4.16. The standard InChI is InChI=1S/C12H15FN2O2S/c13-9-5-6-10-11(8-9)18(16,17)14-12-4-2-1-3-7-15(10)12/h5-6,8,12,14H,1-4,7H2/t12-/m1/s1. The summed E-state index contributed by atoms with van der Waals surface area (Å²) in [5.41, 5.74) is 0.627. The van der Waals surface area contributed by atoms with Crippen LogP contribution in [-0.2, 0) is 10.0 Å². The van der Waals surface area contributed by atoms with Crippen LogP contribution in [0.1, 0.15) is 25.7 Å². The van der Waals surface area contributed by atoms with E-state index < -0.39 is 15.8 Å². The maximum absolute atomic E-state index is 13.2. The zero-order valence-corrected chi connectivity index (χ0v) is 10.7. The number of sulfonamides is 1. The molecule has 18 heavy (non-hydrogen) atoms. The highest BCUT2D eigenvalue weighted by molar-refractivity contribution is 7.89. The minimum Gasteiger partial charge on any atom is -0.354 e. The molecule has 0 radical (unpaired) electrons. The van der Waals surface area contributed by atoms with Crippen molar-refractivity contribution in [2.75, 3.05) is 11.4 Å². The van der Waals surface area contributed by atoms with E-state index in [1.54, 1.807) is 6.07 Å². The van der Waals surface area contributed by atoms with Crippen molar-refractivity contribution in [2.24, 2.45) is 0 Å². The Bertz CT molecular complexity index is 573. The van der Waals surface area contributed by atoms with Crippen molar-refractivity contribution in [2.45, 2.75) is 36.7 Å². The number of rotatable bonds is 0. The van der Waals surface area contributed by atoms with Crippen LogP contribution in [0.15, 0.2) is 23.1 Å². The lowest BCUT2D eigenvalue weighted by molar-refractivity contribution is 0.499. The predicted octanol–water partition coefficient (Wildman–Crippen LogP) is 1.82. The van der Waals surface area contributed by atoms with Gasteiger partial charge in [-0.25, -0.2) is 12.8 Å². The second-order valence-corrected chi connectivity index (χ2v) is 6.47. The SMILES string of the molecule is O=S1(=O)N[C@H]2CCCCCN2c2ccc(F)cc21. The van der Waals surface area contributed by atoms with Crippen LogP contribution in [0.2, 0.25) is 0 Å². The normalized spacial score (nSPS) is 26.1. The molecule has 98 valence electrons. The lowest BCUT2D eigenvalue weighted by Crippen LogP contribution is -2.52. The van der Waals surface area contributed by atoms with Gasteiger partial charge in [0, 0.05) is 6.54 Å². The molecule has 1 fully saturated rings. The van der Waals surface area contributed by atoms with Gasteiger partial charge in [-0.2, -0.15) is 4.72 Å². The summed E-state index contributed by atoms with van der Waals surface area (Å²) in [6.07, 6.45) is 3.77. The summed E-state index contributed by atoms with van der Waals surface area (Å²) >= 11 is 0. The first-order chi connectivity index (χ1) is 8.58. The molecule has 0 unspecified atom stereocenters. The smallest absolute Gasteiger partial charge is 0.244 e. The summed E-state index contributed by atoms with van der Waals surface area (Å²) in [5, 5.41) is 0. The molecular weight excluding hydrogens is 255 g/mol. The zero-order valence-electron chi connectivity index (χ0n) is 9.89. The van der Waals surface area contributed by atoms with Gasteiger partial charge in [0.25, 0.3) is 0 Å². The molecule has 0 spiro atoms. The van der Waals surface area contributed by atoms with Crippen molar-refractivity contribution in [1.82, 2.24) is 4.72 Å². The Morgan fingerprint density at radius 1 is 1.28 bits per heavy atom. The van der Waals surface area contributed by atoms with Crippen LogP contribution in [0.25, 0.3) is 0 Å². The van der Waals surface area contributed by atoms with Gasteiger partial charge >= 0.3 is 0 Å². The third-order valence-electron chi connectivity index (χ3n) is 3.56. The monoisotopic (exact) mass is 270 g/mol. The molecule has 0 bridgehead atoms. The first-order valence-electron chi connectivity index (χ1n) is 6.16. The third-order valence-corrected chi connectivity index (χ3v) is 5.05. The summed E-state index contributed by atoms with van der Waals surface area (Å²) in [4.78, 5) is 2.10. The van der Waals surface area contributed by atoms with Crippen molar-refractivity contribution >= 4 is 15.7 Å². The van der Waals surface area contributed by atoms with Crippen LogP contribution in [0.3, 0.4) is 0 Å². The summed E-state index contributed by atoms with van der Waals surface area (Å²) < 4.78 is 40.1. The number of fused-ring (bicyclic) bond motifs is 3. The number of hydrogen-bond acceptors (Lipinski definition) is 3. The Labute approximate surface area is 106 Å². The van der Waals surface area contributed by atoms with Crippen LogP contribution in [0.5, 0.6) is 0 Å². The fraction of sp³-hybridized carbons (Fsp3) is 0.500. The number of nitrogens with zero attached hydrogens (tertiary/aromatic N) is 1. The Balaban J connectivity index is 2.14. The fourth-order valence-electron chi connectivity index (χ4n) is 2.70. The molecule has 0 aliphatic carbocycles. The molecule has 4 nitrogen and oxygen atoms in total. The second kappa shape index (κ2) is 4.20. The van der Waals surface area contributed by atoms with E-state index in [-0.39, 0.29) is 11.1 Å². The van der Waals surface area contributed by atoms with Gasteiger partial charge in [-0.1, -0.05) is 6.42 Å². The minimum atomic E-state index is -3.58. The van der Waals surface area contributed by atoms with Crippen molar-refractivity contribution in [3.63, 3.8) is 0 Å². The van der Waals surface area contributed by atoms with Gasteiger partial charge in [-0.15, -0.1) is 0 Å². The molecule has 2 heterocycles. The minimum absolute atomic E-state index is 0.0562.